The second-order valence-electron chi connectivity index (χ2n) is 6.85. The highest BCUT2D eigenvalue weighted by Gasteiger charge is 2.28. The van der Waals surface area contributed by atoms with E-state index in [9.17, 15) is 20.0 Å². The summed E-state index contributed by atoms with van der Waals surface area (Å²) in [6.45, 7) is 1.96. The first-order valence-electron chi connectivity index (χ1n) is 9.43. The van der Waals surface area contributed by atoms with Crippen LogP contribution in [-0.2, 0) is 4.79 Å². The van der Waals surface area contributed by atoms with Crippen LogP contribution >= 0.6 is 0 Å². The van der Waals surface area contributed by atoms with Gasteiger partial charge in [0, 0.05) is 24.2 Å². The molecule has 2 N–H and O–H groups in total. The lowest BCUT2D eigenvalue weighted by Gasteiger charge is -2.21. The minimum absolute atomic E-state index is 0.0856. The summed E-state index contributed by atoms with van der Waals surface area (Å²) in [5.74, 6) is 0.585. The number of aromatic nitrogens is 1. The molecule has 3 aromatic rings. The standard InChI is InChI=1S/C21H19N3O6/c1-2-4-18(25)23-19(12-6-7-16-17(9-12)30-11-29-16)14-10-15(24(27)28)13-5-3-8-22-20(13)21(14)26/h3,5-10,19,26H,2,4,11H2,1H3,(H,23,25). The first-order valence-corrected chi connectivity index (χ1v) is 9.43. The Morgan fingerprint density at radius 2 is 2.10 bits per heavy atom. The van der Waals surface area contributed by atoms with Crippen LogP contribution in [0.2, 0.25) is 0 Å². The number of carbonyl (C=O) groups is 1. The number of rotatable bonds is 6. The number of fused-ring (bicyclic) bond motifs is 2. The Hall–Kier alpha value is -3.88. The van der Waals surface area contributed by atoms with E-state index in [1.807, 2.05) is 6.92 Å². The zero-order valence-corrected chi connectivity index (χ0v) is 16.1. The fraction of sp³-hybridized carbons (Fsp3) is 0.238. The Balaban J connectivity index is 1.90. The summed E-state index contributed by atoms with van der Waals surface area (Å²) in [4.78, 5) is 27.7. The first kappa shape index (κ1) is 19.4. The van der Waals surface area contributed by atoms with E-state index in [4.69, 9.17) is 9.47 Å². The molecule has 1 unspecified atom stereocenters. The van der Waals surface area contributed by atoms with Crippen LogP contribution in [0.4, 0.5) is 5.69 Å². The van der Waals surface area contributed by atoms with Gasteiger partial charge in [0.15, 0.2) is 11.5 Å². The van der Waals surface area contributed by atoms with Crippen molar-refractivity contribution in [2.75, 3.05) is 6.79 Å². The normalized spacial score (nSPS) is 13.2. The quantitative estimate of drug-likeness (QED) is 0.471. The van der Waals surface area contributed by atoms with Crippen molar-refractivity contribution in [3.8, 4) is 17.2 Å². The van der Waals surface area contributed by atoms with Gasteiger partial charge in [-0.05, 0) is 36.2 Å². The van der Waals surface area contributed by atoms with Gasteiger partial charge in [0.1, 0.15) is 11.3 Å². The van der Waals surface area contributed by atoms with Crippen LogP contribution in [-0.4, -0.2) is 27.7 Å². The molecule has 0 bridgehead atoms. The minimum atomic E-state index is -0.844. The molecule has 1 aliphatic rings. The number of ether oxygens (including phenoxy) is 2. The summed E-state index contributed by atoms with van der Waals surface area (Å²) < 4.78 is 10.8. The lowest BCUT2D eigenvalue weighted by Crippen LogP contribution is -2.29. The number of hydrogen-bond donors (Lipinski definition) is 2. The largest absolute Gasteiger partial charge is 0.505 e. The number of non-ortho nitro benzene ring substituents is 1. The molecule has 30 heavy (non-hydrogen) atoms. The topological polar surface area (TPSA) is 124 Å². The van der Waals surface area contributed by atoms with Crippen LogP contribution in [0, 0.1) is 10.1 Å². The number of carbonyl (C=O) groups excluding carboxylic acids is 1. The smallest absolute Gasteiger partial charge is 0.279 e. The third-order valence-electron chi connectivity index (χ3n) is 4.89. The second kappa shape index (κ2) is 7.86. The summed E-state index contributed by atoms with van der Waals surface area (Å²) in [7, 11) is 0. The molecule has 0 aliphatic carbocycles. The molecule has 2 heterocycles. The van der Waals surface area contributed by atoms with Gasteiger partial charge in [-0.25, -0.2) is 0 Å². The predicted octanol–water partition coefficient (Wildman–Crippen LogP) is 3.58. The maximum absolute atomic E-state index is 12.4. The summed E-state index contributed by atoms with van der Waals surface area (Å²) in [5.41, 5.74) is 0.651. The van der Waals surface area contributed by atoms with Crippen molar-refractivity contribution in [1.29, 1.82) is 0 Å². The molecule has 0 saturated heterocycles. The number of phenols is 1. The second-order valence-corrected chi connectivity index (χ2v) is 6.85. The van der Waals surface area contributed by atoms with Gasteiger partial charge in [0.2, 0.25) is 12.7 Å². The highest BCUT2D eigenvalue weighted by atomic mass is 16.7. The van der Waals surface area contributed by atoms with Crippen molar-refractivity contribution in [3.63, 3.8) is 0 Å². The maximum Gasteiger partial charge on any atom is 0.279 e. The molecule has 0 saturated carbocycles. The molecule has 1 aliphatic heterocycles. The van der Waals surface area contributed by atoms with Gasteiger partial charge in [-0.1, -0.05) is 13.0 Å². The average Bonchev–Trinajstić information content (AvgIpc) is 3.20. The van der Waals surface area contributed by atoms with Gasteiger partial charge in [-0.15, -0.1) is 0 Å². The molecule has 0 fully saturated rings. The lowest BCUT2D eigenvalue weighted by molar-refractivity contribution is -0.383. The van der Waals surface area contributed by atoms with Gasteiger partial charge in [-0.2, -0.15) is 0 Å². The Morgan fingerprint density at radius 1 is 1.30 bits per heavy atom. The number of nitro benzene ring substituents is 1. The predicted molar refractivity (Wildman–Crippen MR) is 108 cm³/mol. The molecular formula is C21H19N3O6. The van der Waals surface area contributed by atoms with Crippen molar-refractivity contribution in [3.05, 3.63) is 63.8 Å². The number of pyridine rings is 1. The van der Waals surface area contributed by atoms with Gasteiger partial charge < -0.3 is 19.9 Å². The van der Waals surface area contributed by atoms with Crippen molar-refractivity contribution in [1.82, 2.24) is 10.3 Å². The fourth-order valence-corrected chi connectivity index (χ4v) is 3.50. The van der Waals surface area contributed by atoms with E-state index in [2.05, 4.69) is 10.3 Å². The molecule has 154 valence electrons. The van der Waals surface area contributed by atoms with Crippen LogP contribution in [0.1, 0.15) is 36.9 Å². The number of nitrogens with zero attached hydrogens (tertiary/aromatic N) is 2. The number of aromatic hydroxyl groups is 1. The Morgan fingerprint density at radius 3 is 2.87 bits per heavy atom. The number of nitro groups is 1. The third kappa shape index (κ3) is 3.45. The fourth-order valence-electron chi connectivity index (χ4n) is 3.50. The molecule has 0 radical (unpaired) electrons. The van der Waals surface area contributed by atoms with Crippen LogP contribution in [0.15, 0.2) is 42.6 Å². The van der Waals surface area contributed by atoms with Crippen molar-refractivity contribution in [2.45, 2.75) is 25.8 Å². The average molecular weight is 409 g/mol. The molecule has 1 aromatic heterocycles. The molecule has 1 amide bonds. The van der Waals surface area contributed by atoms with Gasteiger partial charge in [0.25, 0.3) is 5.69 Å². The first-order chi connectivity index (χ1) is 14.5. The number of nitrogens with one attached hydrogen (secondary N) is 1. The lowest BCUT2D eigenvalue weighted by atomic mass is 9.94. The third-order valence-corrected chi connectivity index (χ3v) is 4.89. The zero-order chi connectivity index (χ0) is 21.3. The van der Waals surface area contributed by atoms with E-state index in [1.54, 1.807) is 24.3 Å². The molecule has 0 spiro atoms. The number of phenolic OH excluding ortho intramolecular Hbond substituents is 1. The van der Waals surface area contributed by atoms with Crippen LogP contribution < -0.4 is 14.8 Å². The molecule has 2 aromatic carbocycles. The van der Waals surface area contributed by atoms with E-state index in [-0.39, 0.29) is 47.0 Å². The summed E-state index contributed by atoms with van der Waals surface area (Å²) in [5, 5.41) is 25.7. The van der Waals surface area contributed by atoms with Gasteiger partial charge in [-0.3, -0.25) is 19.9 Å². The Kier molecular flexibility index (Phi) is 5.09. The van der Waals surface area contributed by atoms with Crippen LogP contribution in [0.3, 0.4) is 0 Å². The van der Waals surface area contributed by atoms with Crippen LogP contribution in [0.25, 0.3) is 10.9 Å². The highest BCUT2D eigenvalue weighted by molar-refractivity contribution is 5.94. The van der Waals surface area contributed by atoms with Gasteiger partial charge in [0.05, 0.1) is 16.4 Å². The minimum Gasteiger partial charge on any atom is -0.505 e. The summed E-state index contributed by atoms with van der Waals surface area (Å²) >= 11 is 0. The summed E-state index contributed by atoms with van der Waals surface area (Å²) in [6, 6.07) is 8.62. The SMILES string of the molecule is CCCC(=O)NC(c1ccc2c(c1)OCO2)c1cc([N+](=O)[O-])c2cccnc2c1O. The van der Waals surface area contributed by atoms with Crippen LogP contribution in [0.5, 0.6) is 17.2 Å². The van der Waals surface area contributed by atoms with E-state index in [1.165, 1.54) is 18.3 Å². The highest BCUT2D eigenvalue weighted by Crippen LogP contribution is 2.41. The van der Waals surface area contributed by atoms with E-state index in [0.29, 0.717) is 23.5 Å². The number of hydrogen-bond acceptors (Lipinski definition) is 7. The van der Waals surface area contributed by atoms with Crippen molar-refractivity contribution < 1.29 is 24.3 Å². The van der Waals surface area contributed by atoms with Crippen molar-refractivity contribution >= 4 is 22.5 Å². The Labute approximate surface area is 171 Å². The number of benzene rings is 2. The molecule has 9 nitrogen and oxygen atoms in total. The van der Waals surface area contributed by atoms with E-state index >= 15 is 0 Å². The zero-order valence-electron chi connectivity index (χ0n) is 16.1. The maximum atomic E-state index is 12.4. The van der Waals surface area contributed by atoms with Crippen molar-refractivity contribution in [2.24, 2.45) is 0 Å². The van der Waals surface area contributed by atoms with Gasteiger partial charge >= 0.3 is 0 Å². The van der Waals surface area contributed by atoms with E-state index in [0.717, 1.165) is 0 Å². The molecule has 1 atom stereocenters. The monoisotopic (exact) mass is 409 g/mol. The molecular weight excluding hydrogens is 390 g/mol. The molecule has 9 heteroatoms. The molecule has 4 rings (SSSR count). The Bertz CT molecular complexity index is 1150. The summed E-state index contributed by atoms with van der Waals surface area (Å²) in [6.07, 6.45) is 2.35. The number of amides is 1. The van der Waals surface area contributed by atoms with E-state index < -0.39 is 11.0 Å².